The molecule has 0 saturated heterocycles. The second kappa shape index (κ2) is 15.4. The molecule has 0 saturated carbocycles. The van der Waals surface area contributed by atoms with Crippen LogP contribution in [0.25, 0.3) is 21.5 Å². The van der Waals surface area contributed by atoms with E-state index in [0.717, 1.165) is 32.7 Å². The highest BCUT2D eigenvalue weighted by Crippen LogP contribution is 2.35. The number of urea groups is 1. The lowest BCUT2D eigenvalue weighted by Crippen LogP contribution is -2.45. The molecular weight excluding hydrogens is 636 g/mol. The minimum absolute atomic E-state index is 0.159. The smallest absolute Gasteiger partial charge is 0.337 e. The van der Waals surface area contributed by atoms with E-state index in [2.05, 4.69) is 45.4 Å². The van der Waals surface area contributed by atoms with Gasteiger partial charge in [-0.25, -0.2) is 9.59 Å². The molecule has 1 aliphatic heterocycles. The Hall–Kier alpha value is -6.07. The number of nitrogens with zero attached hydrogens (tertiary/aromatic N) is 1. The largest absolute Gasteiger partial charge is 0.490 e. The third-order valence-corrected chi connectivity index (χ3v) is 8.28. The lowest BCUT2D eigenvalue weighted by atomic mass is 9.95. The van der Waals surface area contributed by atoms with Crippen molar-refractivity contribution in [2.24, 2.45) is 5.10 Å². The van der Waals surface area contributed by atoms with E-state index >= 15 is 0 Å². The molecule has 2 atom stereocenters. The Balaban J connectivity index is 1.15. The summed E-state index contributed by atoms with van der Waals surface area (Å²) in [6.45, 7) is 4.00. The molecule has 1 heterocycles. The zero-order chi connectivity index (χ0) is 35.0. The Morgan fingerprint density at radius 1 is 0.900 bits per heavy atom. The number of esters is 1. The van der Waals surface area contributed by atoms with Gasteiger partial charge in [-0.15, -0.1) is 0 Å². The number of carbonyl (C=O) groups is 2. The van der Waals surface area contributed by atoms with Crippen molar-refractivity contribution in [2.75, 3.05) is 20.3 Å². The molecule has 11 heteroatoms. The molecule has 0 spiro atoms. The molecule has 2 amide bonds. The van der Waals surface area contributed by atoms with Gasteiger partial charge in [-0.2, -0.15) is 5.10 Å². The summed E-state index contributed by atoms with van der Waals surface area (Å²) in [6, 6.07) is 30.1. The van der Waals surface area contributed by atoms with E-state index in [1.807, 2.05) is 61.5 Å². The zero-order valence-corrected chi connectivity index (χ0v) is 27.9. The molecule has 0 fully saturated rings. The lowest BCUT2D eigenvalue weighted by Gasteiger charge is -2.28. The van der Waals surface area contributed by atoms with E-state index < -0.39 is 24.3 Å². The highest BCUT2D eigenvalue weighted by atomic mass is 16.5. The first kappa shape index (κ1) is 33.8. The molecule has 11 nitrogen and oxygen atoms in total. The highest BCUT2D eigenvalue weighted by molar-refractivity contribution is 6.02. The first-order valence-electron chi connectivity index (χ1n) is 16.2. The summed E-state index contributed by atoms with van der Waals surface area (Å²) in [5.74, 6) is 0.818. The number of methoxy groups -OCH3 is 1. The quantitative estimate of drug-likeness (QED) is 0.0509. The normalized spacial score (nSPS) is 15.0. The first-order chi connectivity index (χ1) is 24.4. The van der Waals surface area contributed by atoms with Crippen molar-refractivity contribution in [3.63, 3.8) is 0 Å². The third kappa shape index (κ3) is 7.48. The lowest BCUT2D eigenvalue weighted by molar-refractivity contribution is -0.136. The molecule has 0 aromatic heterocycles. The van der Waals surface area contributed by atoms with E-state index in [9.17, 15) is 14.7 Å². The SMILES string of the molecule is CCOc1cc([C@H]2NC(=O)NC(C)=C2C(=O)OC)ccc1OC[C@H](O)N/N=C/c1c(OCc2cccc3ccccc23)ccc2ccccc12. The summed E-state index contributed by atoms with van der Waals surface area (Å²) in [5, 5.41) is 24.7. The predicted molar refractivity (Wildman–Crippen MR) is 191 cm³/mol. The molecule has 6 rings (SSSR count). The molecule has 0 radical (unpaired) electrons. The van der Waals surface area contributed by atoms with Gasteiger partial charge in [-0.05, 0) is 64.7 Å². The molecule has 1 aliphatic rings. The molecule has 5 aromatic rings. The number of ether oxygens (including phenoxy) is 4. The van der Waals surface area contributed by atoms with Gasteiger partial charge in [0, 0.05) is 11.3 Å². The average Bonchev–Trinajstić information content (AvgIpc) is 3.13. The van der Waals surface area contributed by atoms with Gasteiger partial charge >= 0.3 is 12.0 Å². The van der Waals surface area contributed by atoms with Crippen molar-refractivity contribution >= 4 is 39.8 Å². The molecule has 0 unspecified atom stereocenters. The van der Waals surface area contributed by atoms with Crippen LogP contribution in [0.3, 0.4) is 0 Å². The summed E-state index contributed by atoms with van der Waals surface area (Å²) in [7, 11) is 1.28. The van der Waals surface area contributed by atoms with Gasteiger partial charge in [-0.3, -0.25) is 5.43 Å². The van der Waals surface area contributed by atoms with Crippen molar-refractivity contribution in [1.29, 1.82) is 0 Å². The van der Waals surface area contributed by atoms with Gasteiger partial charge in [0.25, 0.3) is 0 Å². The molecule has 0 aliphatic carbocycles. The van der Waals surface area contributed by atoms with E-state index in [4.69, 9.17) is 18.9 Å². The van der Waals surface area contributed by atoms with Crippen LogP contribution in [-0.2, 0) is 16.1 Å². The Morgan fingerprint density at radius 3 is 2.40 bits per heavy atom. The Bertz CT molecular complexity index is 2090. The van der Waals surface area contributed by atoms with E-state index in [1.54, 1.807) is 31.3 Å². The van der Waals surface area contributed by atoms with Crippen molar-refractivity contribution in [2.45, 2.75) is 32.7 Å². The van der Waals surface area contributed by atoms with Crippen LogP contribution in [0.4, 0.5) is 4.79 Å². The Kier molecular flexibility index (Phi) is 10.4. The monoisotopic (exact) mass is 674 g/mol. The molecule has 256 valence electrons. The number of aliphatic hydroxyl groups is 1. The first-order valence-corrected chi connectivity index (χ1v) is 16.2. The number of benzene rings is 5. The van der Waals surface area contributed by atoms with Crippen LogP contribution in [-0.4, -0.2) is 49.9 Å². The van der Waals surface area contributed by atoms with Crippen molar-refractivity contribution < 1.29 is 33.6 Å². The number of carbonyl (C=O) groups excluding carboxylic acids is 2. The number of aliphatic hydroxyl groups excluding tert-OH is 1. The third-order valence-electron chi connectivity index (χ3n) is 8.28. The van der Waals surface area contributed by atoms with Gasteiger partial charge in [0.15, 0.2) is 17.7 Å². The van der Waals surface area contributed by atoms with E-state index in [1.165, 1.54) is 7.11 Å². The van der Waals surface area contributed by atoms with Crippen molar-refractivity contribution in [3.05, 3.63) is 125 Å². The Labute approximate surface area is 289 Å². The minimum atomic E-state index is -1.17. The number of nitrogens with one attached hydrogen (secondary N) is 3. The Morgan fingerprint density at radius 2 is 1.62 bits per heavy atom. The maximum atomic E-state index is 12.5. The average molecular weight is 675 g/mol. The standard InChI is InChI=1S/C39H38N4O7/c1-4-48-34-20-27(37-36(38(45)47-3)24(2)41-39(46)42-37)17-19-33(34)50-23-35(44)43-40-21-31-30-15-8-6-11-26(30)16-18-32(31)49-22-28-13-9-12-25-10-5-7-14-29(25)28/h5-21,35,37,43-44H,4,22-23H2,1-3H3,(H2,41,42,46)/b40-21+/t35-,37+/m0/s1. The number of fused-ring (bicyclic) bond motifs is 2. The number of rotatable bonds is 13. The van der Waals surface area contributed by atoms with Gasteiger partial charge < -0.3 is 34.7 Å². The minimum Gasteiger partial charge on any atom is -0.490 e. The number of amides is 2. The van der Waals surface area contributed by atoms with Gasteiger partial charge in [-0.1, -0.05) is 78.9 Å². The number of hydrogen-bond donors (Lipinski definition) is 4. The molecule has 4 N–H and O–H groups in total. The highest BCUT2D eigenvalue weighted by Gasteiger charge is 2.32. The van der Waals surface area contributed by atoms with E-state index in [0.29, 0.717) is 41.7 Å². The molecule has 50 heavy (non-hydrogen) atoms. The summed E-state index contributed by atoms with van der Waals surface area (Å²) in [6.07, 6.45) is 0.460. The number of hydrogen-bond acceptors (Lipinski definition) is 9. The van der Waals surface area contributed by atoms with Crippen LogP contribution in [0, 0.1) is 0 Å². The summed E-state index contributed by atoms with van der Waals surface area (Å²) in [5.41, 5.74) is 5.82. The summed E-state index contributed by atoms with van der Waals surface area (Å²) >= 11 is 0. The fraction of sp³-hybridized carbons (Fsp3) is 0.205. The maximum Gasteiger partial charge on any atom is 0.337 e. The van der Waals surface area contributed by atoms with Crippen molar-refractivity contribution in [3.8, 4) is 17.2 Å². The second-order valence-corrected chi connectivity index (χ2v) is 11.5. The van der Waals surface area contributed by atoms with Crippen LogP contribution >= 0.6 is 0 Å². The number of hydrazone groups is 1. The van der Waals surface area contributed by atoms with E-state index in [-0.39, 0.29) is 12.2 Å². The topological polar surface area (TPSA) is 140 Å². The van der Waals surface area contributed by atoms with Crippen LogP contribution in [0.5, 0.6) is 17.2 Å². The predicted octanol–water partition coefficient (Wildman–Crippen LogP) is 6.09. The molecule has 0 bridgehead atoms. The number of allylic oxidation sites excluding steroid dienone is 1. The summed E-state index contributed by atoms with van der Waals surface area (Å²) in [4.78, 5) is 24.8. The molecule has 5 aromatic carbocycles. The van der Waals surface area contributed by atoms with Crippen LogP contribution < -0.4 is 30.3 Å². The fourth-order valence-corrected chi connectivity index (χ4v) is 5.92. The zero-order valence-electron chi connectivity index (χ0n) is 27.9. The summed E-state index contributed by atoms with van der Waals surface area (Å²) < 4.78 is 23.0. The maximum absolute atomic E-state index is 12.5. The van der Waals surface area contributed by atoms with Gasteiger partial charge in [0.1, 0.15) is 19.0 Å². The fourth-order valence-electron chi connectivity index (χ4n) is 5.92. The molecular formula is C39H38N4O7. The second-order valence-electron chi connectivity index (χ2n) is 11.5. The van der Waals surface area contributed by atoms with Crippen LogP contribution in [0.15, 0.2) is 113 Å². The van der Waals surface area contributed by atoms with Crippen LogP contribution in [0.2, 0.25) is 0 Å². The van der Waals surface area contributed by atoms with Crippen LogP contribution in [0.1, 0.15) is 36.6 Å². The van der Waals surface area contributed by atoms with Gasteiger partial charge in [0.2, 0.25) is 0 Å². The van der Waals surface area contributed by atoms with Crippen molar-refractivity contribution in [1.82, 2.24) is 16.1 Å². The van der Waals surface area contributed by atoms with Gasteiger partial charge in [0.05, 0.1) is 31.5 Å².